The quantitative estimate of drug-likeness (QED) is 0.682. The maximum Gasteiger partial charge on any atom is 0.360 e. The number of nitrogens with zero attached hydrogens (tertiary/aromatic N) is 3. The highest BCUT2D eigenvalue weighted by molar-refractivity contribution is 6.32. The Hall–Kier alpha value is -2.74. The molecule has 8 nitrogen and oxygen atoms in total. The predicted molar refractivity (Wildman–Crippen MR) is 73.2 cm³/mol. The van der Waals surface area contributed by atoms with Crippen molar-refractivity contribution in [1.82, 2.24) is 9.78 Å². The summed E-state index contributed by atoms with van der Waals surface area (Å²) in [6.07, 6.45) is 1.29. The topological polar surface area (TPSA) is 115 Å². The maximum absolute atomic E-state index is 11.6. The highest BCUT2D eigenvalue weighted by Gasteiger charge is 2.17. The standard InChI is InChI=1S/C12H8ClN3O5/c1-6-5-15(14-10(11(6)17)12(18)19)7-2-3-8(13)9(4-7)16(20)21/h2-5H,1H3,(H,18,19). The Bertz CT molecular complexity index is 815. The number of nitro groups is 1. The molecule has 108 valence electrons. The van der Waals surface area contributed by atoms with Gasteiger partial charge in [-0.05, 0) is 19.1 Å². The molecule has 0 aliphatic carbocycles. The predicted octanol–water partition coefficient (Wildman–Crippen LogP) is 1.80. The normalized spacial score (nSPS) is 10.4. The van der Waals surface area contributed by atoms with Crippen molar-refractivity contribution in [3.63, 3.8) is 0 Å². The van der Waals surface area contributed by atoms with Gasteiger partial charge in [-0.25, -0.2) is 9.48 Å². The minimum atomic E-state index is -1.47. The number of hydrogen-bond donors (Lipinski definition) is 1. The lowest BCUT2D eigenvalue weighted by molar-refractivity contribution is -0.384. The molecule has 0 bridgehead atoms. The van der Waals surface area contributed by atoms with E-state index in [2.05, 4.69) is 5.10 Å². The van der Waals surface area contributed by atoms with E-state index in [1.165, 1.54) is 25.3 Å². The van der Waals surface area contributed by atoms with Gasteiger partial charge in [-0.2, -0.15) is 5.10 Å². The van der Waals surface area contributed by atoms with E-state index in [0.717, 1.165) is 10.7 Å². The van der Waals surface area contributed by atoms with Gasteiger partial charge < -0.3 is 5.11 Å². The number of carboxylic acid groups (broad SMARTS) is 1. The Morgan fingerprint density at radius 1 is 1.48 bits per heavy atom. The zero-order valence-electron chi connectivity index (χ0n) is 10.6. The van der Waals surface area contributed by atoms with Crippen molar-refractivity contribution < 1.29 is 14.8 Å². The second-order valence-corrected chi connectivity index (χ2v) is 4.54. The number of rotatable bonds is 3. The average Bonchev–Trinajstić information content (AvgIpc) is 2.41. The third-order valence-electron chi connectivity index (χ3n) is 2.69. The molecule has 21 heavy (non-hydrogen) atoms. The summed E-state index contributed by atoms with van der Waals surface area (Å²) < 4.78 is 1.09. The molecule has 2 aromatic rings. The van der Waals surface area contributed by atoms with Gasteiger partial charge in [0, 0.05) is 17.8 Å². The number of hydrogen-bond acceptors (Lipinski definition) is 5. The minimum absolute atomic E-state index is 0.0556. The Kier molecular flexibility index (Phi) is 3.72. The van der Waals surface area contributed by atoms with Gasteiger partial charge in [0.05, 0.1) is 10.6 Å². The summed E-state index contributed by atoms with van der Waals surface area (Å²) in [4.78, 5) is 32.8. The van der Waals surface area contributed by atoms with Crippen LogP contribution >= 0.6 is 11.6 Å². The minimum Gasteiger partial charge on any atom is -0.476 e. The molecule has 1 aromatic heterocycles. The van der Waals surface area contributed by atoms with Crippen LogP contribution < -0.4 is 5.43 Å². The molecule has 0 radical (unpaired) electrons. The average molecular weight is 310 g/mol. The van der Waals surface area contributed by atoms with Crippen molar-refractivity contribution in [2.24, 2.45) is 0 Å². The molecule has 1 N–H and O–H groups in total. The van der Waals surface area contributed by atoms with Crippen molar-refractivity contribution in [2.45, 2.75) is 6.92 Å². The molecule has 0 atom stereocenters. The van der Waals surface area contributed by atoms with Crippen LogP contribution in [-0.2, 0) is 0 Å². The maximum atomic E-state index is 11.6. The van der Waals surface area contributed by atoms with Crippen LogP contribution in [0.1, 0.15) is 16.1 Å². The fraction of sp³-hybridized carbons (Fsp3) is 0.0833. The van der Waals surface area contributed by atoms with E-state index in [1.54, 1.807) is 0 Å². The monoisotopic (exact) mass is 309 g/mol. The number of aromatic carboxylic acids is 1. The van der Waals surface area contributed by atoms with E-state index >= 15 is 0 Å². The molecular formula is C12H8ClN3O5. The van der Waals surface area contributed by atoms with Gasteiger partial charge in [0.2, 0.25) is 11.1 Å². The summed E-state index contributed by atoms with van der Waals surface area (Å²) in [6.45, 7) is 1.43. The Labute approximate surface area is 122 Å². The fourth-order valence-electron chi connectivity index (χ4n) is 1.67. The Morgan fingerprint density at radius 3 is 2.71 bits per heavy atom. The number of aryl methyl sites for hydroxylation is 1. The van der Waals surface area contributed by atoms with E-state index in [0.29, 0.717) is 0 Å². The second-order valence-electron chi connectivity index (χ2n) is 4.13. The van der Waals surface area contributed by atoms with Gasteiger partial charge in [-0.1, -0.05) is 11.6 Å². The molecule has 0 aliphatic rings. The van der Waals surface area contributed by atoms with E-state index in [-0.39, 0.29) is 22.0 Å². The number of carbonyl (C=O) groups is 1. The largest absolute Gasteiger partial charge is 0.476 e. The zero-order valence-corrected chi connectivity index (χ0v) is 11.4. The van der Waals surface area contributed by atoms with Gasteiger partial charge in [0.1, 0.15) is 5.02 Å². The van der Waals surface area contributed by atoms with Gasteiger partial charge in [0.25, 0.3) is 5.69 Å². The third-order valence-corrected chi connectivity index (χ3v) is 3.01. The van der Waals surface area contributed by atoms with Crippen LogP contribution in [0.25, 0.3) is 5.69 Å². The van der Waals surface area contributed by atoms with Gasteiger partial charge in [-0.3, -0.25) is 14.9 Å². The van der Waals surface area contributed by atoms with Crippen molar-refractivity contribution >= 4 is 23.3 Å². The van der Waals surface area contributed by atoms with E-state index in [9.17, 15) is 19.7 Å². The Balaban J connectivity index is 2.68. The van der Waals surface area contributed by atoms with E-state index < -0.39 is 22.0 Å². The van der Waals surface area contributed by atoms with Crippen molar-refractivity contribution in [3.05, 3.63) is 61.0 Å². The van der Waals surface area contributed by atoms with E-state index in [1.807, 2.05) is 0 Å². The molecule has 0 saturated carbocycles. The highest BCUT2D eigenvalue weighted by Crippen LogP contribution is 2.26. The molecule has 0 spiro atoms. The molecule has 1 heterocycles. The molecule has 0 saturated heterocycles. The van der Waals surface area contributed by atoms with Crippen LogP contribution in [0.3, 0.4) is 0 Å². The molecule has 2 rings (SSSR count). The first-order valence-corrected chi connectivity index (χ1v) is 5.97. The van der Waals surface area contributed by atoms with Crippen molar-refractivity contribution in [1.29, 1.82) is 0 Å². The first kappa shape index (κ1) is 14.7. The fourth-order valence-corrected chi connectivity index (χ4v) is 1.85. The number of benzene rings is 1. The van der Waals surface area contributed by atoms with Gasteiger partial charge in [-0.15, -0.1) is 0 Å². The number of halogens is 1. The molecule has 0 unspecified atom stereocenters. The van der Waals surface area contributed by atoms with Crippen LogP contribution in [0.15, 0.2) is 29.2 Å². The highest BCUT2D eigenvalue weighted by atomic mass is 35.5. The molecule has 9 heteroatoms. The number of nitro benzene ring substituents is 1. The summed E-state index contributed by atoms with van der Waals surface area (Å²) in [7, 11) is 0. The molecule has 0 aliphatic heterocycles. The first-order chi connectivity index (χ1) is 9.81. The van der Waals surface area contributed by atoms with Crippen LogP contribution in [0.4, 0.5) is 5.69 Å². The lowest BCUT2D eigenvalue weighted by Gasteiger charge is -2.08. The number of carboxylic acids is 1. The van der Waals surface area contributed by atoms with Gasteiger partial charge in [0.15, 0.2) is 0 Å². The lowest BCUT2D eigenvalue weighted by atomic mass is 10.2. The molecular weight excluding hydrogens is 302 g/mol. The van der Waals surface area contributed by atoms with Gasteiger partial charge >= 0.3 is 5.97 Å². The van der Waals surface area contributed by atoms with Crippen molar-refractivity contribution in [3.8, 4) is 5.69 Å². The third kappa shape index (κ3) is 2.75. The smallest absolute Gasteiger partial charge is 0.360 e. The van der Waals surface area contributed by atoms with Crippen LogP contribution in [0, 0.1) is 17.0 Å². The molecule has 0 amide bonds. The van der Waals surface area contributed by atoms with E-state index in [4.69, 9.17) is 16.7 Å². The number of aromatic nitrogens is 2. The van der Waals surface area contributed by atoms with Crippen LogP contribution in [0.2, 0.25) is 5.02 Å². The zero-order chi connectivity index (χ0) is 15.7. The first-order valence-electron chi connectivity index (χ1n) is 5.59. The summed E-state index contributed by atoms with van der Waals surface area (Å²) in [6, 6.07) is 3.87. The summed E-state index contributed by atoms with van der Waals surface area (Å²) in [5.74, 6) is -1.47. The summed E-state index contributed by atoms with van der Waals surface area (Å²) >= 11 is 5.70. The lowest BCUT2D eigenvalue weighted by Crippen LogP contribution is -2.23. The van der Waals surface area contributed by atoms with Crippen LogP contribution in [-0.4, -0.2) is 25.8 Å². The SMILES string of the molecule is Cc1cn(-c2ccc(Cl)c([N+](=O)[O-])c2)nc(C(=O)O)c1=O. The summed E-state index contributed by atoms with van der Waals surface area (Å²) in [5, 5.41) is 23.4. The van der Waals surface area contributed by atoms with Crippen molar-refractivity contribution in [2.75, 3.05) is 0 Å². The summed E-state index contributed by atoms with van der Waals surface area (Å²) in [5.41, 5.74) is -1.34. The molecule has 1 aromatic carbocycles. The molecule has 0 fully saturated rings. The Morgan fingerprint density at radius 2 is 2.14 bits per heavy atom. The second kappa shape index (κ2) is 5.33. The van der Waals surface area contributed by atoms with Crippen LogP contribution in [0.5, 0.6) is 0 Å².